The highest BCUT2D eigenvalue weighted by Crippen LogP contribution is 2.39. The zero-order valence-corrected chi connectivity index (χ0v) is 14.1. The van der Waals surface area contributed by atoms with Crippen molar-refractivity contribution in [3.05, 3.63) is 17.3 Å². The van der Waals surface area contributed by atoms with Crippen LogP contribution in [0.25, 0.3) is 10.2 Å². The van der Waals surface area contributed by atoms with E-state index in [1.54, 1.807) is 11.3 Å². The molecule has 2 aromatic rings. The van der Waals surface area contributed by atoms with Gasteiger partial charge in [0.25, 0.3) is 0 Å². The van der Waals surface area contributed by atoms with E-state index in [1.807, 2.05) is 18.4 Å². The lowest BCUT2D eigenvalue weighted by atomic mass is 9.77. The van der Waals surface area contributed by atoms with Crippen LogP contribution in [0.2, 0.25) is 0 Å². The monoisotopic (exact) mass is 346 g/mol. The number of aryl methyl sites for hydroxylation is 1. The van der Waals surface area contributed by atoms with Gasteiger partial charge in [-0.1, -0.05) is 0 Å². The normalized spacial score (nSPS) is 23.0. The number of carboxylic acid groups (broad SMARTS) is 1. The number of amides is 1. The third kappa shape index (κ3) is 2.32. The Morgan fingerprint density at radius 1 is 1.42 bits per heavy atom. The number of nitrogens with one attached hydrogen (secondary N) is 1. The van der Waals surface area contributed by atoms with Crippen molar-refractivity contribution in [3.63, 3.8) is 0 Å². The molecule has 0 saturated carbocycles. The fraction of sp³-hybridized carbons (Fsp3) is 0.500. The molecule has 4 heterocycles. The summed E-state index contributed by atoms with van der Waals surface area (Å²) in [5.74, 6) is -0.0445. The Labute approximate surface area is 142 Å². The first-order valence-corrected chi connectivity index (χ1v) is 8.87. The fourth-order valence-electron chi connectivity index (χ4n) is 3.90. The van der Waals surface area contributed by atoms with Crippen molar-refractivity contribution in [3.8, 4) is 0 Å². The molecular formula is C16H18N4O3S. The number of nitrogens with zero attached hydrogens (tertiary/aromatic N) is 3. The summed E-state index contributed by atoms with van der Waals surface area (Å²) in [6.07, 6.45) is 1.31. The second-order valence-corrected chi connectivity index (χ2v) is 7.41. The maximum Gasteiger partial charge on any atom is 0.309 e. The number of carboxylic acids is 1. The third-order valence-electron chi connectivity index (χ3n) is 5.11. The van der Waals surface area contributed by atoms with Gasteiger partial charge < -0.3 is 15.3 Å². The molecule has 4 rings (SSSR count). The van der Waals surface area contributed by atoms with E-state index in [1.165, 1.54) is 0 Å². The van der Waals surface area contributed by atoms with Crippen LogP contribution in [0, 0.1) is 12.8 Å². The van der Waals surface area contributed by atoms with Gasteiger partial charge in [0.2, 0.25) is 5.91 Å². The first kappa shape index (κ1) is 15.3. The SMILES string of the molecule is Cc1nc(N2CCC3(CC2)NC(=O)CC3C(=O)O)c2ccsc2n1. The average Bonchev–Trinajstić information content (AvgIpc) is 3.12. The van der Waals surface area contributed by atoms with Crippen molar-refractivity contribution in [1.29, 1.82) is 0 Å². The number of carbonyl (C=O) groups is 2. The number of fused-ring (bicyclic) bond motifs is 1. The molecule has 2 N–H and O–H groups in total. The van der Waals surface area contributed by atoms with E-state index >= 15 is 0 Å². The molecule has 1 unspecified atom stereocenters. The highest BCUT2D eigenvalue weighted by Gasteiger charge is 2.51. The van der Waals surface area contributed by atoms with Crippen molar-refractivity contribution in [2.24, 2.45) is 5.92 Å². The first-order chi connectivity index (χ1) is 11.5. The van der Waals surface area contributed by atoms with Gasteiger partial charge in [-0.2, -0.15) is 0 Å². The van der Waals surface area contributed by atoms with Crippen LogP contribution in [0.1, 0.15) is 25.1 Å². The zero-order valence-electron chi connectivity index (χ0n) is 13.3. The molecule has 2 aliphatic heterocycles. The van der Waals surface area contributed by atoms with Crippen LogP contribution in [0.3, 0.4) is 0 Å². The lowest BCUT2D eigenvalue weighted by Crippen LogP contribution is -2.55. The lowest BCUT2D eigenvalue weighted by molar-refractivity contribution is -0.144. The molecule has 0 aliphatic carbocycles. The third-order valence-corrected chi connectivity index (χ3v) is 5.92. The minimum atomic E-state index is -0.889. The van der Waals surface area contributed by atoms with Gasteiger partial charge in [-0.15, -0.1) is 11.3 Å². The van der Waals surface area contributed by atoms with Gasteiger partial charge in [0, 0.05) is 19.5 Å². The van der Waals surface area contributed by atoms with Crippen LogP contribution in [-0.4, -0.2) is 45.6 Å². The molecule has 2 saturated heterocycles. The van der Waals surface area contributed by atoms with E-state index in [0.29, 0.717) is 25.9 Å². The molecule has 8 heteroatoms. The summed E-state index contributed by atoms with van der Waals surface area (Å²) in [6, 6.07) is 2.02. The van der Waals surface area contributed by atoms with Crippen molar-refractivity contribution >= 4 is 39.2 Å². The topological polar surface area (TPSA) is 95.4 Å². The molecule has 24 heavy (non-hydrogen) atoms. The van der Waals surface area contributed by atoms with Gasteiger partial charge >= 0.3 is 5.97 Å². The molecule has 1 amide bonds. The minimum absolute atomic E-state index is 0.0801. The summed E-state index contributed by atoms with van der Waals surface area (Å²) in [5.41, 5.74) is -0.616. The Morgan fingerprint density at radius 2 is 2.17 bits per heavy atom. The zero-order chi connectivity index (χ0) is 16.9. The summed E-state index contributed by atoms with van der Waals surface area (Å²) in [6.45, 7) is 3.22. The van der Waals surface area contributed by atoms with E-state index in [9.17, 15) is 14.7 Å². The van der Waals surface area contributed by atoms with Crippen LogP contribution < -0.4 is 10.2 Å². The number of carbonyl (C=O) groups excluding carboxylic acids is 1. The molecule has 0 bridgehead atoms. The van der Waals surface area contributed by atoms with E-state index in [4.69, 9.17) is 0 Å². The highest BCUT2D eigenvalue weighted by atomic mass is 32.1. The van der Waals surface area contributed by atoms with E-state index in [-0.39, 0.29) is 12.3 Å². The van der Waals surface area contributed by atoms with Crippen molar-refractivity contribution in [2.45, 2.75) is 31.7 Å². The second-order valence-electron chi connectivity index (χ2n) is 6.52. The average molecular weight is 346 g/mol. The van der Waals surface area contributed by atoms with Gasteiger partial charge in [-0.3, -0.25) is 9.59 Å². The van der Waals surface area contributed by atoms with Crippen LogP contribution >= 0.6 is 11.3 Å². The molecule has 0 aromatic carbocycles. The number of thiophene rings is 1. The summed E-state index contributed by atoms with van der Waals surface area (Å²) >= 11 is 1.59. The highest BCUT2D eigenvalue weighted by molar-refractivity contribution is 7.16. The molecule has 2 aliphatic rings. The Morgan fingerprint density at radius 3 is 2.88 bits per heavy atom. The molecule has 1 atom stereocenters. The lowest BCUT2D eigenvalue weighted by Gasteiger charge is -2.42. The molecular weight excluding hydrogens is 328 g/mol. The Hall–Kier alpha value is -2.22. The number of hydrogen-bond acceptors (Lipinski definition) is 6. The first-order valence-electron chi connectivity index (χ1n) is 7.99. The molecule has 126 valence electrons. The Kier molecular flexibility index (Phi) is 3.45. The smallest absolute Gasteiger partial charge is 0.309 e. The van der Waals surface area contributed by atoms with E-state index in [0.717, 1.165) is 21.9 Å². The van der Waals surface area contributed by atoms with Gasteiger partial charge in [0.05, 0.1) is 16.8 Å². The van der Waals surface area contributed by atoms with E-state index in [2.05, 4.69) is 20.2 Å². The largest absolute Gasteiger partial charge is 0.481 e. The molecule has 1 spiro atoms. The molecule has 7 nitrogen and oxygen atoms in total. The number of aliphatic carboxylic acids is 1. The van der Waals surface area contributed by atoms with Crippen LogP contribution in [0.4, 0.5) is 5.82 Å². The summed E-state index contributed by atoms with van der Waals surface area (Å²) in [4.78, 5) is 35.5. The summed E-state index contributed by atoms with van der Waals surface area (Å²) in [5, 5.41) is 15.4. The minimum Gasteiger partial charge on any atom is -0.481 e. The van der Waals surface area contributed by atoms with Crippen LogP contribution in [0.5, 0.6) is 0 Å². The summed E-state index contributed by atoms with van der Waals surface area (Å²) < 4.78 is 0. The number of rotatable bonds is 2. The Balaban J connectivity index is 1.61. The maximum atomic E-state index is 11.8. The predicted octanol–water partition coefficient (Wildman–Crippen LogP) is 1.56. The van der Waals surface area contributed by atoms with Crippen LogP contribution in [-0.2, 0) is 9.59 Å². The number of piperidine rings is 1. The van der Waals surface area contributed by atoms with Crippen molar-refractivity contribution < 1.29 is 14.7 Å². The standard InChI is InChI=1S/C16H18N4O3S/c1-9-17-13(10-2-7-24-14(10)18-9)20-5-3-16(4-6-20)11(15(22)23)8-12(21)19-16/h2,7,11H,3-6,8H2,1H3,(H,19,21)(H,22,23). The molecule has 0 radical (unpaired) electrons. The second kappa shape index (κ2) is 5.41. The summed E-state index contributed by atoms with van der Waals surface area (Å²) in [7, 11) is 0. The van der Waals surface area contributed by atoms with Crippen LogP contribution in [0.15, 0.2) is 11.4 Å². The van der Waals surface area contributed by atoms with E-state index < -0.39 is 17.4 Å². The fourth-order valence-corrected chi connectivity index (χ4v) is 4.70. The Bertz CT molecular complexity index is 826. The number of hydrogen-bond donors (Lipinski definition) is 2. The van der Waals surface area contributed by atoms with Gasteiger partial charge in [-0.05, 0) is 31.2 Å². The van der Waals surface area contributed by atoms with Crippen molar-refractivity contribution in [2.75, 3.05) is 18.0 Å². The maximum absolute atomic E-state index is 11.8. The van der Waals surface area contributed by atoms with Gasteiger partial charge in [0.1, 0.15) is 16.5 Å². The van der Waals surface area contributed by atoms with Gasteiger partial charge in [-0.25, -0.2) is 9.97 Å². The predicted molar refractivity (Wildman–Crippen MR) is 90.2 cm³/mol. The molecule has 2 aromatic heterocycles. The van der Waals surface area contributed by atoms with Crippen molar-refractivity contribution in [1.82, 2.24) is 15.3 Å². The molecule has 2 fully saturated rings. The van der Waals surface area contributed by atoms with Gasteiger partial charge in [0.15, 0.2) is 0 Å². The number of aromatic nitrogens is 2. The quantitative estimate of drug-likeness (QED) is 0.857. The number of anilines is 1.